The third-order valence-electron chi connectivity index (χ3n) is 1.86. The zero-order valence-electron chi connectivity index (χ0n) is 9.32. The van der Waals surface area contributed by atoms with Crippen molar-refractivity contribution in [2.24, 2.45) is 16.5 Å². The first kappa shape index (κ1) is 13.7. The monoisotopic (exact) mass is 216 g/mol. The van der Waals surface area contributed by atoms with Crippen molar-refractivity contribution in [2.75, 3.05) is 20.2 Å². The van der Waals surface area contributed by atoms with Crippen LogP contribution in [0.4, 0.5) is 0 Å². The van der Waals surface area contributed by atoms with Gasteiger partial charge in [-0.3, -0.25) is 9.79 Å². The molecule has 5 N–H and O–H groups in total. The fourth-order valence-electron chi connectivity index (χ4n) is 1.13. The van der Waals surface area contributed by atoms with E-state index in [0.717, 1.165) is 6.42 Å². The molecule has 6 heteroatoms. The number of ether oxygens (including phenoxy) is 1. The summed E-state index contributed by atoms with van der Waals surface area (Å²) in [5, 5.41) is 2.89. The molecule has 0 aliphatic rings. The summed E-state index contributed by atoms with van der Waals surface area (Å²) in [5.41, 5.74) is 10.3. The van der Waals surface area contributed by atoms with Crippen molar-refractivity contribution >= 4 is 11.9 Å². The van der Waals surface area contributed by atoms with E-state index < -0.39 is 0 Å². The lowest BCUT2D eigenvalue weighted by atomic mass is 10.1. The largest absolute Gasteiger partial charge is 0.465 e. The van der Waals surface area contributed by atoms with Gasteiger partial charge in [0, 0.05) is 6.54 Å². The fraction of sp³-hybridized carbons (Fsp3) is 0.778. The minimum atomic E-state index is -0.279. The van der Waals surface area contributed by atoms with Crippen molar-refractivity contribution in [2.45, 2.75) is 25.8 Å². The van der Waals surface area contributed by atoms with Gasteiger partial charge < -0.3 is 21.5 Å². The van der Waals surface area contributed by atoms with E-state index in [4.69, 9.17) is 16.2 Å². The molecule has 6 nitrogen and oxygen atoms in total. The Balaban J connectivity index is 3.80. The Morgan fingerprint density at radius 1 is 1.53 bits per heavy atom. The molecule has 0 heterocycles. The molecule has 0 saturated heterocycles. The van der Waals surface area contributed by atoms with E-state index in [2.05, 4.69) is 10.3 Å². The summed E-state index contributed by atoms with van der Waals surface area (Å²) in [6, 6.07) is -0.279. The maximum absolute atomic E-state index is 11.3. The number of carbonyl (C=O) groups is 1. The molecule has 15 heavy (non-hydrogen) atoms. The number of rotatable bonds is 7. The zero-order valence-corrected chi connectivity index (χ0v) is 9.32. The van der Waals surface area contributed by atoms with Crippen LogP contribution in [0.15, 0.2) is 4.99 Å². The number of esters is 1. The van der Waals surface area contributed by atoms with Gasteiger partial charge in [0.1, 0.15) is 6.04 Å². The number of nitrogens with one attached hydrogen (secondary N) is 1. The number of nitrogens with two attached hydrogens (primary N) is 2. The van der Waals surface area contributed by atoms with Gasteiger partial charge in [-0.1, -0.05) is 0 Å². The smallest absolute Gasteiger partial charge is 0.323 e. The maximum Gasteiger partial charge on any atom is 0.323 e. The highest BCUT2D eigenvalue weighted by Crippen LogP contribution is 1.99. The Bertz CT molecular complexity index is 214. The lowest BCUT2D eigenvalue weighted by Crippen LogP contribution is -2.35. The number of likely N-dealkylation sites (N-methyl/N-ethyl adjacent to an activating group) is 1. The van der Waals surface area contributed by atoms with Crippen LogP contribution in [0, 0.1) is 0 Å². The molecule has 0 aromatic rings. The predicted octanol–water partition coefficient (Wildman–Crippen LogP) is -0.809. The van der Waals surface area contributed by atoms with Gasteiger partial charge in [0.2, 0.25) is 0 Å². The first-order chi connectivity index (χ1) is 7.11. The highest BCUT2D eigenvalue weighted by Gasteiger charge is 2.16. The number of nitrogens with zero attached hydrogens (tertiary/aromatic N) is 1. The Morgan fingerprint density at radius 3 is 2.67 bits per heavy atom. The zero-order chi connectivity index (χ0) is 11.7. The van der Waals surface area contributed by atoms with E-state index in [1.54, 1.807) is 14.0 Å². The summed E-state index contributed by atoms with van der Waals surface area (Å²) in [5.74, 6) is -0.156. The molecule has 0 fully saturated rings. The number of hydrogen-bond donors (Lipinski definition) is 3. The van der Waals surface area contributed by atoms with Gasteiger partial charge in [-0.25, -0.2) is 0 Å². The molecule has 88 valence electrons. The van der Waals surface area contributed by atoms with Crippen LogP contribution < -0.4 is 16.8 Å². The van der Waals surface area contributed by atoms with Gasteiger partial charge in [-0.05, 0) is 26.8 Å². The van der Waals surface area contributed by atoms with Gasteiger partial charge in [0.05, 0.1) is 6.61 Å². The SMILES string of the molecule is CCOC(=O)C(CCCN=C(N)N)NC. The Hall–Kier alpha value is -1.30. The van der Waals surface area contributed by atoms with E-state index in [0.29, 0.717) is 19.6 Å². The van der Waals surface area contributed by atoms with Gasteiger partial charge in [-0.2, -0.15) is 0 Å². The Kier molecular flexibility index (Phi) is 7.35. The highest BCUT2D eigenvalue weighted by molar-refractivity contribution is 5.76. The van der Waals surface area contributed by atoms with E-state index in [1.165, 1.54) is 0 Å². The lowest BCUT2D eigenvalue weighted by molar-refractivity contribution is -0.145. The van der Waals surface area contributed by atoms with Crippen LogP contribution in [0.25, 0.3) is 0 Å². The number of hydrogen-bond acceptors (Lipinski definition) is 4. The van der Waals surface area contributed by atoms with Crippen molar-refractivity contribution < 1.29 is 9.53 Å². The van der Waals surface area contributed by atoms with E-state index in [1.807, 2.05) is 0 Å². The topological polar surface area (TPSA) is 103 Å². The normalized spacial score (nSPS) is 11.9. The molecule has 0 radical (unpaired) electrons. The molecule has 0 amide bonds. The highest BCUT2D eigenvalue weighted by atomic mass is 16.5. The summed E-state index contributed by atoms with van der Waals surface area (Å²) in [6.45, 7) is 2.70. The van der Waals surface area contributed by atoms with Crippen molar-refractivity contribution in [3.8, 4) is 0 Å². The fourth-order valence-corrected chi connectivity index (χ4v) is 1.13. The Labute approximate surface area is 90.1 Å². The molecule has 0 saturated carbocycles. The van der Waals surface area contributed by atoms with E-state index in [-0.39, 0.29) is 18.0 Å². The van der Waals surface area contributed by atoms with Crippen molar-refractivity contribution in [3.05, 3.63) is 0 Å². The molecule has 0 aromatic carbocycles. The van der Waals surface area contributed by atoms with Gasteiger partial charge in [-0.15, -0.1) is 0 Å². The second-order valence-electron chi connectivity index (χ2n) is 3.04. The second-order valence-corrected chi connectivity index (χ2v) is 3.04. The van der Waals surface area contributed by atoms with Crippen LogP contribution in [-0.2, 0) is 9.53 Å². The third-order valence-corrected chi connectivity index (χ3v) is 1.86. The van der Waals surface area contributed by atoms with Gasteiger partial charge in [0.15, 0.2) is 5.96 Å². The van der Waals surface area contributed by atoms with Crippen LogP contribution in [0.5, 0.6) is 0 Å². The van der Waals surface area contributed by atoms with Crippen LogP contribution in [-0.4, -0.2) is 38.2 Å². The van der Waals surface area contributed by atoms with Crippen molar-refractivity contribution in [1.82, 2.24) is 5.32 Å². The average molecular weight is 216 g/mol. The van der Waals surface area contributed by atoms with Gasteiger partial charge >= 0.3 is 5.97 Å². The van der Waals surface area contributed by atoms with Crippen molar-refractivity contribution in [1.29, 1.82) is 0 Å². The number of guanidine groups is 1. The average Bonchev–Trinajstić information content (AvgIpc) is 2.17. The minimum absolute atomic E-state index is 0.0761. The molecular weight excluding hydrogens is 196 g/mol. The first-order valence-corrected chi connectivity index (χ1v) is 5.01. The molecule has 1 atom stereocenters. The molecule has 0 aliphatic carbocycles. The summed E-state index contributed by atoms with van der Waals surface area (Å²) in [4.78, 5) is 15.2. The summed E-state index contributed by atoms with van der Waals surface area (Å²) < 4.78 is 4.89. The molecule has 0 bridgehead atoms. The van der Waals surface area contributed by atoms with Gasteiger partial charge in [0.25, 0.3) is 0 Å². The molecular formula is C9H20N4O2. The molecule has 1 unspecified atom stereocenters. The molecule has 0 aromatic heterocycles. The summed E-state index contributed by atoms with van der Waals surface area (Å²) >= 11 is 0. The Morgan fingerprint density at radius 2 is 2.20 bits per heavy atom. The molecule has 0 rings (SSSR count). The van der Waals surface area contributed by atoms with E-state index in [9.17, 15) is 4.79 Å². The van der Waals surface area contributed by atoms with Crippen molar-refractivity contribution in [3.63, 3.8) is 0 Å². The van der Waals surface area contributed by atoms with Crippen LogP contribution in [0.3, 0.4) is 0 Å². The molecule has 0 spiro atoms. The van der Waals surface area contributed by atoms with E-state index >= 15 is 0 Å². The van der Waals surface area contributed by atoms with Crippen LogP contribution in [0.1, 0.15) is 19.8 Å². The maximum atomic E-state index is 11.3. The second kappa shape index (κ2) is 8.05. The summed E-state index contributed by atoms with van der Waals surface area (Å²) in [6.07, 6.45) is 1.40. The summed E-state index contributed by atoms with van der Waals surface area (Å²) in [7, 11) is 1.72. The number of aliphatic imine (C=N–C) groups is 1. The number of carbonyl (C=O) groups excluding carboxylic acids is 1. The lowest BCUT2D eigenvalue weighted by Gasteiger charge is -2.13. The predicted molar refractivity (Wildman–Crippen MR) is 59.4 cm³/mol. The third kappa shape index (κ3) is 6.73. The minimum Gasteiger partial charge on any atom is -0.465 e. The first-order valence-electron chi connectivity index (χ1n) is 5.01. The standard InChI is InChI=1S/C9H20N4O2/c1-3-15-8(14)7(12-2)5-4-6-13-9(10)11/h7,12H,3-6H2,1-2H3,(H4,10,11,13). The molecule has 0 aliphatic heterocycles. The van der Waals surface area contributed by atoms with Crippen LogP contribution >= 0.6 is 0 Å². The quantitative estimate of drug-likeness (QED) is 0.223. The van der Waals surface area contributed by atoms with Crippen LogP contribution in [0.2, 0.25) is 0 Å².